The smallest absolute Gasteiger partial charge is 0.330 e. The molecule has 4 aromatic carbocycles. The number of hydrogen-bond donors (Lipinski definition) is 0. The molecule has 6 nitrogen and oxygen atoms in total. The van der Waals surface area contributed by atoms with Crippen LogP contribution in [0.15, 0.2) is 122 Å². The fourth-order valence-corrected chi connectivity index (χ4v) is 4.68. The molecule has 226 valence electrons. The van der Waals surface area contributed by atoms with Gasteiger partial charge in [0, 0.05) is 25.0 Å². The Hall–Kier alpha value is -5.10. The molecule has 0 spiro atoms. The van der Waals surface area contributed by atoms with Crippen molar-refractivity contribution in [2.75, 3.05) is 26.4 Å². The molecule has 4 aromatic rings. The predicted molar refractivity (Wildman–Crippen MR) is 173 cm³/mol. The summed E-state index contributed by atoms with van der Waals surface area (Å²) in [5.74, 6) is 0.730. The molecule has 0 radical (unpaired) electrons. The van der Waals surface area contributed by atoms with Gasteiger partial charge >= 0.3 is 11.9 Å². The first-order valence-electron chi connectivity index (χ1n) is 14.7. The van der Waals surface area contributed by atoms with Crippen LogP contribution >= 0.6 is 0 Å². The quantitative estimate of drug-likeness (QED) is 0.0719. The van der Waals surface area contributed by atoms with Gasteiger partial charge in [0.15, 0.2) is 0 Å². The SMILES string of the molecule is C=CC(=O)OCCCOc1ccc(Cc2ccccc2-c2ccccc2Cc2ccc(OCCCOC(=O)C=C)cc2)cc1. The molecule has 0 N–H and O–H groups in total. The first-order valence-corrected chi connectivity index (χ1v) is 14.7. The topological polar surface area (TPSA) is 71.1 Å². The number of hydrogen-bond acceptors (Lipinski definition) is 6. The second-order valence-corrected chi connectivity index (χ2v) is 10.1. The minimum atomic E-state index is -0.420. The van der Waals surface area contributed by atoms with Gasteiger partial charge in [-0.05, 0) is 70.5 Å². The van der Waals surface area contributed by atoms with Crippen molar-refractivity contribution in [3.05, 3.63) is 145 Å². The van der Waals surface area contributed by atoms with E-state index in [4.69, 9.17) is 18.9 Å². The maximum Gasteiger partial charge on any atom is 0.330 e. The normalized spacial score (nSPS) is 10.5. The summed E-state index contributed by atoms with van der Waals surface area (Å²) in [6.07, 6.45) is 5.13. The Morgan fingerprint density at radius 3 is 1.30 bits per heavy atom. The molecule has 0 aliphatic heterocycles. The zero-order chi connectivity index (χ0) is 31.0. The third kappa shape index (κ3) is 10.0. The van der Waals surface area contributed by atoms with Crippen LogP contribution in [-0.4, -0.2) is 38.4 Å². The molecular formula is C38H38O6. The third-order valence-electron chi connectivity index (χ3n) is 6.90. The van der Waals surface area contributed by atoms with Gasteiger partial charge in [0.05, 0.1) is 26.4 Å². The Labute approximate surface area is 259 Å². The molecule has 0 saturated carbocycles. The van der Waals surface area contributed by atoms with Crippen molar-refractivity contribution in [1.29, 1.82) is 0 Å². The summed E-state index contributed by atoms with van der Waals surface area (Å²) in [6.45, 7) is 8.32. The van der Waals surface area contributed by atoms with Crippen LogP contribution in [0, 0.1) is 0 Å². The lowest BCUT2D eigenvalue weighted by atomic mass is 9.90. The highest BCUT2D eigenvalue weighted by Crippen LogP contribution is 2.31. The maximum absolute atomic E-state index is 11.1. The molecule has 0 aliphatic rings. The average molecular weight is 591 g/mol. The van der Waals surface area contributed by atoms with Gasteiger partial charge in [-0.15, -0.1) is 0 Å². The van der Waals surface area contributed by atoms with Crippen LogP contribution in [-0.2, 0) is 31.9 Å². The molecule has 0 aromatic heterocycles. The highest BCUT2D eigenvalue weighted by atomic mass is 16.5. The van der Waals surface area contributed by atoms with Crippen LogP contribution in [0.2, 0.25) is 0 Å². The molecule has 0 amide bonds. The van der Waals surface area contributed by atoms with Crippen LogP contribution in [0.4, 0.5) is 0 Å². The maximum atomic E-state index is 11.1. The van der Waals surface area contributed by atoms with Gasteiger partial charge in [-0.3, -0.25) is 0 Å². The molecule has 0 unspecified atom stereocenters. The summed E-state index contributed by atoms with van der Waals surface area (Å²) in [5, 5.41) is 0. The Bertz CT molecular complexity index is 1400. The van der Waals surface area contributed by atoms with Crippen LogP contribution in [0.1, 0.15) is 35.1 Å². The number of ether oxygens (including phenoxy) is 4. The van der Waals surface area contributed by atoms with Crippen LogP contribution in [0.25, 0.3) is 11.1 Å². The first kappa shape index (κ1) is 31.8. The molecule has 44 heavy (non-hydrogen) atoms. The summed E-state index contributed by atoms with van der Waals surface area (Å²) in [5.41, 5.74) is 7.32. The Kier molecular flexibility index (Phi) is 12.4. The largest absolute Gasteiger partial charge is 0.493 e. The monoisotopic (exact) mass is 590 g/mol. The zero-order valence-electron chi connectivity index (χ0n) is 24.9. The number of carbonyl (C=O) groups excluding carboxylic acids is 2. The molecule has 4 rings (SSSR count). The van der Waals surface area contributed by atoms with Crippen molar-refractivity contribution >= 4 is 11.9 Å². The van der Waals surface area contributed by atoms with E-state index < -0.39 is 11.9 Å². The minimum Gasteiger partial charge on any atom is -0.493 e. The molecule has 6 heteroatoms. The molecular weight excluding hydrogens is 552 g/mol. The molecule has 0 aliphatic carbocycles. The standard InChI is InChI=1S/C38H38O6/c1-3-37(39)43-25-9-23-41-33-19-15-29(16-20-33)27-31-11-5-7-13-35(31)36-14-8-6-12-32(36)28-30-17-21-34(22-18-30)42-24-10-26-44-38(40)4-2/h3-8,11-22H,1-2,9-10,23-28H2. The van der Waals surface area contributed by atoms with Crippen LogP contribution < -0.4 is 9.47 Å². The number of benzene rings is 4. The van der Waals surface area contributed by atoms with E-state index >= 15 is 0 Å². The van der Waals surface area contributed by atoms with E-state index in [2.05, 4.69) is 86.0 Å². The summed E-state index contributed by atoms with van der Waals surface area (Å²) in [7, 11) is 0. The van der Waals surface area contributed by atoms with Gasteiger partial charge in [0.25, 0.3) is 0 Å². The summed E-state index contributed by atoms with van der Waals surface area (Å²) < 4.78 is 21.6. The van der Waals surface area contributed by atoms with Gasteiger partial charge in [0.1, 0.15) is 11.5 Å². The van der Waals surface area contributed by atoms with Gasteiger partial charge < -0.3 is 18.9 Å². The zero-order valence-corrected chi connectivity index (χ0v) is 24.9. The third-order valence-corrected chi connectivity index (χ3v) is 6.90. The van der Waals surface area contributed by atoms with Crippen molar-refractivity contribution in [2.24, 2.45) is 0 Å². The van der Waals surface area contributed by atoms with Gasteiger partial charge in [-0.25, -0.2) is 9.59 Å². The lowest BCUT2D eigenvalue weighted by molar-refractivity contribution is -0.138. The first-order chi connectivity index (χ1) is 21.6. The molecule has 0 atom stereocenters. The minimum absolute atomic E-state index is 0.304. The summed E-state index contributed by atoms with van der Waals surface area (Å²) in [6, 6.07) is 33.4. The van der Waals surface area contributed by atoms with Crippen molar-refractivity contribution in [1.82, 2.24) is 0 Å². The number of rotatable bonds is 17. The van der Waals surface area contributed by atoms with Crippen molar-refractivity contribution in [3.8, 4) is 22.6 Å². The van der Waals surface area contributed by atoms with E-state index in [1.165, 1.54) is 33.4 Å². The van der Waals surface area contributed by atoms with Crippen LogP contribution in [0.5, 0.6) is 11.5 Å². The fraction of sp³-hybridized carbons (Fsp3) is 0.211. The Morgan fingerprint density at radius 2 is 0.909 bits per heavy atom. The molecule has 0 heterocycles. The Morgan fingerprint density at radius 1 is 0.523 bits per heavy atom. The van der Waals surface area contributed by atoms with Crippen molar-refractivity contribution in [2.45, 2.75) is 25.7 Å². The fourth-order valence-electron chi connectivity index (χ4n) is 4.68. The summed E-state index contributed by atoms with van der Waals surface area (Å²) >= 11 is 0. The van der Waals surface area contributed by atoms with Gasteiger partial charge in [-0.2, -0.15) is 0 Å². The van der Waals surface area contributed by atoms with Crippen LogP contribution in [0.3, 0.4) is 0 Å². The second kappa shape index (κ2) is 17.1. The van der Waals surface area contributed by atoms with E-state index in [0.717, 1.165) is 36.5 Å². The molecule has 0 saturated heterocycles. The average Bonchev–Trinajstić information content (AvgIpc) is 3.06. The van der Waals surface area contributed by atoms with E-state index in [-0.39, 0.29) is 0 Å². The van der Waals surface area contributed by atoms with E-state index in [0.29, 0.717) is 39.3 Å². The predicted octanol–water partition coefficient (Wildman–Crippen LogP) is 7.53. The molecule has 0 fully saturated rings. The highest BCUT2D eigenvalue weighted by Gasteiger charge is 2.11. The highest BCUT2D eigenvalue weighted by molar-refractivity contribution is 5.81. The Balaban J connectivity index is 1.36. The van der Waals surface area contributed by atoms with E-state index in [1.807, 2.05) is 24.3 Å². The number of carbonyl (C=O) groups is 2. The number of esters is 2. The van der Waals surface area contributed by atoms with Crippen molar-refractivity contribution < 1.29 is 28.5 Å². The molecule has 0 bridgehead atoms. The lowest BCUT2D eigenvalue weighted by Crippen LogP contribution is -2.06. The van der Waals surface area contributed by atoms with Gasteiger partial charge in [0.2, 0.25) is 0 Å². The second-order valence-electron chi connectivity index (χ2n) is 10.1. The van der Waals surface area contributed by atoms with Gasteiger partial charge in [-0.1, -0.05) is 86.0 Å². The summed E-state index contributed by atoms with van der Waals surface area (Å²) in [4.78, 5) is 22.3. The lowest BCUT2D eigenvalue weighted by Gasteiger charge is -2.15. The van der Waals surface area contributed by atoms with E-state index in [1.54, 1.807) is 0 Å². The van der Waals surface area contributed by atoms with E-state index in [9.17, 15) is 9.59 Å². The van der Waals surface area contributed by atoms with Crippen molar-refractivity contribution in [3.63, 3.8) is 0 Å².